The molecule has 29 heavy (non-hydrogen) atoms. The van der Waals surface area contributed by atoms with Crippen molar-refractivity contribution in [1.29, 1.82) is 0 Å². The van der Waals surface area contributed by atoms with Crippen molar-refractivity contribution in [1.82, 2.24) is 23.8 Å². The molecule has 0 saturated carbocycles. The predicted molar refractivity (Wildman–Crippen MR) is 110 cm³/mol. The third-order valence-electron chi connectivity index (χ3n) is 4.68. The van der Waals surface area contributed by atoms with E-state index >= 15 is 0 Å². The molecule has 0 aliphatic carbocycles. The van der Waals surface area contributed by atoms with Crippen molar-refractivity contribution < 1.29 is 13.2 Å². The molecule has 0 amide bonds. The minimum atomic E-state index is -3.67. The fourth-order valence-electron chi connectivity index (χ4n) is 3.01. The quantitative estimate of drug-likeness (QED) is 0.658. The molecule has 1 aliphatic rings. The highest BCUT2D eigenvalue weighted by Crippen LogP contribution is 2.28. The average molecular weight is 435 g/mol. The number of thiazole rings is 1. The van der Waals surface area contributed by atoms with E-state index in [1.807, 2.05) is 32.0 Å². The first-order valence-corrected chi connectivity index (χ1v) is 11.4. The fourth-order valence-corrected chi connectivity index (χ4v) is 5.23. The highest BCUT2D eigenvalue weighted by Gasteiger charge is 2.33. The van der Waals surface area contributed by atoms with Crippen molar-refractivity contribution in [3.05, 3.63) is 47.0 Å². The van der Waals surface area contributed by atoms with Gasteiger partial charge in [0.05, 0.1) is 24.3 Å². The molecule has 9 nitrogen and oxygen atoms in total. The minimum Gasteiger partial charge on any atom is -0.369 e. The van der Waals surface area contributed by atoms with E-state index in [4.69, 9.17) is 4.74 Å². The number of imidazole rings is 1. The number of pyridine rings is 1. The zero-order valence-corrected chi connectivity index (χ0v) is 18.0. The third kappa shape index (κ3) is 4.17. The summed E-state index contributed by atoms with van der Waals surface area (Å²) in [7, 11) is -1.94. The van der Waals surface area contributed by atoms with Crippen LogP contribution in [0.15, 0.2) is 35.7 Å². The number of morpholine rings is 1. The maximum absolute atomic E-state index is 12.9. The molecule has 0 radical (unpaired) electrons. The summed E-state index contributed by atoms with van der Waals surface area (Å²) in [6.07, 6.45) is 2.52. The van der Waals surface area contributed by atoms with Gasteiger partial charge in [-0.1, -0.05) is 6.07 Å². The molecule has 1 saturated heterocycles. The zero-order chi connectivity index (χ0) is 20.6. The first-order chi connectivity index (χ1) is 13.8. The van der Waals surface area contributed by atoms with Gasteiger partial charge in [0.2, 0.25) is 0 Å². The van der Waals surface area contributed by atoms with Crippen LogP contribution < -0.4 is 5.32 Å². The molecule has 0 aromatic carbocycles. The molecular weight excluding hydrogens is 412 g/mol. The van der Waals surface area contributed by atoms with E-state index < -0.39 is 16.1 Å². The number of aromatic nitrogens is 4. The standard InChI is InChI=1S/C18H22N6O3S2/c1-12-13(2)28-18(20-12)22-16-6-4-5-14(21-16)15-9-24(7-8-27-15)29(25,26)17-10-23(3)11-19-17/h4-6,10-11,15H,7-9H2,1-3H3,(H,20,21,22)/t15-/m0/s1. The molecule has 1 atom stereocenters. The number of hydrogen-bond acceptors (Lipinski definition) is 8. The van der Waals surface area contributed by atoms with Crippen LogP contribution in [0, 0.1) is 13.8 Å². The second-order valence-corrected chi connectivity index (χ2v) is 9.92. The predicted octanol–water partition coefficient (Wildman–Crippen LogP) is 2.39. The Labute approximate surface area is 173 Å². The van der Waals surface area contributed by atoms with Gasteiger partial charge in [0, 0.05) is 31.2 Å². The van der Waals surface area contributed by atoms with Crippen LogP contribution in [0.4, 0.5) is 10.9 Å². The molecule has 1 fully saturated rings. The Morgan fingerprint density at radius 2 is 2.10 bits per heavy atom. The summed E-state index contributed by atoms with van der Waals surface area (Å²) in [5.74, 6) is 0.643. The lowest BCUT2D eigenvalue weighted by atomic mass is 10.2. The normalized spacial score (nSPS) is 18.1. The number of hydrogen-bond donors (Lipinski definition) is 1. The molecule has 0 unspecified atom stereocenters. The molecule has 0 spiro atoms. The second-order valence-electron chi connectivity index (χ2n) is 6.83. The number of aryl methyl sites for hydroxylation is 3. The van der Waals surface area contributed by atoms with Gasteiger partial charge in [-0.05, 0) is 26.0 Å². The van der Waals surface area contributed by atoms with Gasteiger partial charge in [-0.25, -0.2) is 23.4 Å². The lowest BCUT2D eigenvalue weighted by Gasteiger charge is -2.31. The number of sulfonamides is 1. The zero-order valence-electron chi connectivity index (χ0n) is 16.4. The number of nitrogens with one attached hydrogen (secondary N) is 1. The Hall–Kier alpha value is -2.34. The van der Waals surface area contributed by atoms with Crippen LogP contribution in [0.25, 0.3) is 0 Å². The Bertz CT molecular complexity index is 1100. The molecule has 154 valence electrons. The lowest BCUT2D eigenvalue weighted by molar-refractivity contribution is -0.00492. The van der Waals surface area contributed by atoms with Gasteiger partial charge in [-0.3, -0.25) is 0 Å². The van der Waals surface area contributed by atoms with Gasteiger partial charge in [0.1, 0.15) is 11.9 Å². The summed E-state index contributed by atoms with van der Waals surface area (Å²) in [5, 5.41) is 4.02. The topological polar surface area (TPSA) is 102 Å². The van der Waals surface area contributed by atoms with Crippen molar-refractivity contribution in [3.8, 4) is 0 Å². The Morgan fingerprint density at radius 3 is 2.79 bits per heavy atom. The smallest absolute Gasteiger partial charge is 0.262 e. The van der Waals surface area contributed by atoms with Crippen LogP contribution in [0.3, 0.4) is 0 Å². The summed E-state index contributed by atoms with van der Waals surface area (Å²) < 4.78 is 34.6. The molecule has 0 bridgehead atoms. The number of anilines is 2. The second kappa shape index (κ2) is 7.82. The van der Waals surface area contributed by atoms with E-state index in [9.17, 15) is 8.42 Å². The first kappa shape index (κ1) is 20.0. The van der Waals surface area contributed by atoms with Crippen LogP contribution in [-0.2, 0) is 21.8 Å². The Kier molecular flexibility index (Phi) is 5.38. The summed E-state index contributed by atoms with van der Waals surface area (Å²) in [6.45, 7) is 4.75. The van der Waals surface area contributed by atoms with Crippen molar-refractivity contribution in [2.75, 3.05) is 25.0 Å². The van der Waals surface area contributed by atoms with Crippen molar-refractivity contribution in [2.24, 2.45) is 7.05 Å². The molecular formula is C18H22N6O3S2. The average Bonchev–Trinajstić information content (AvgIpc) is 3.28. The molecule has 4 heterocycles. The van der Waals surface area contributed by atoms with E-state index in [1.165, 1.54) is 16.8 Å². The van der Waals surface area contributed by atoms with E-state index in [-0.39, 0.29) is 18.1 Å². The molecule has 4 rings (SSSR count). The number of nitrogens with zero attached hydrogens (tertiary/aromatic N) is 5. The van der Waals surface area contributed by atoms with Crippen molar-refractivity contribution >= 4 is 32.3 Å². The van der Waals surface area contributed by atoms with Crippen LogP contribution >= 0.6 is 11.3 Å². The highest BCUT2D eigenvalue weighted by atomic mass is 32.2. The maximum atomic E-state index is 12.9. The summed E-state index contributed by atoms with van der Waals surface area (Å²) in [4.78, 5) is 14.2. The van der Waals surface area contributed by atoms with Gasteiger partial charge in [0.25, 0.3) is 10.0 Å². The van der Waals surface area contributed by atoms with Gasteiger partial charge >= 0.3 is 0 Å². The monoisotopic (exact) mass is 434 g/mol. The fraction of sp³-hybridized carbons (Fsp3) is 0.389. The van der Waals surface area contributed by atoms with Crippen LogP contribution in [0.5, 0.6) is 0 Å². The molecule has 11 heteroatoms. The largest absolute Gasteiger partial charge is 0.369 e. The Morgan fingerprint density at radius 1 is 1.28 bits per heavy atom. The van der Waals surface area contributed by atoms with Crippen LogP contribution in [-0.4, -0.2) is 51.9 Å². The number of rotatable bonds is 5. The van der Waals surface area contributed by atoms with Gasteiger partial charge < -0.3 is 14.6 Å². The van der Waals surface area contributed by atoms with Crippen LogP contribution in [0.2, 0.25) is 0 Å². The minimum absolute atomic E-state index is 0.0403. The lowest BCUT2D eigenvalue weighted by Crippen LogP contribution is -2.42. The van der Waals surface area contributed by atoms with E-state index in [2.05, 4.69) is 20.3 Å². The van der Waals surface area contributed by atoms with Gasteiger partial charge in [0.15, 0.2) is 10.2 Å². The van der Waals surface area contributed by atoms with E-state index in [0.29, 0.717) is 18.1 Å². The SMILES string of the molecule is Cc1nc(Nc2cccc([C@@H]3CN(S(=O)(=O)c4cn(C)cn4)CCO3)n2)sc1C. The molecule has 3 aromatic rings. The molecule has 1 aliphatic heterocycles. The molecule has 1 N–H and O–H groups in total. The summed E-state index contributed by atoms with van der Waals surface area (Å²) >= 11 is 1.56. The van der Waals surface area contributed by atoms with Gasteiger partial charge in [-0.15, -0.1) is 11.3 Å². The van der Waals surface area contributed by atoms with E-state index in [0.717, 1.165) is 15.7 Å². The number of ether oxygens (including phenoxy) is 1. The summed E-state index contributed by atoms with van der Waals surface area (Å²) in [6, 6.07) is 5.55. The maximum Gasteiger partial charge on any atom is 0.262 e. The third-order valence-corrected chi connectivity index (χ3v) is 7.42. The van der Waals surface area contributed by atoms with Gasteiger partial charge in [-0.2, -0.15) is 4.31 Å². The Balaban J connectivity index is 1.52. The van der Waals surface area contributed by atoms with E-state index in [1.54, 1.807) is 23.0 Å². The first-order valence-electron chi connectivity index (χ1n) is 9.10. The summed E-state index contributed by atoms with van der Waals surface area (Å²) in [5.41, 5.74) is 1.65. The van der Waals surface area contributed by atoms with Crippen molar-refractivity contribution in [3.63, 3.8) is 0 Å². The van der Waals surface area contributed by atoms with Crippen molar-refractivity contribution in [2.45, 2.75) is 25.0 Å². The van der Waals surface area contributed by atoms with Crippen LogP contribution in [0.1, 0.15) is 22.4 Å². The molecule has 3 aromatic heterocycles. The highest BCUT2D eigenvalue weighted by molar-refractivity contribution is 7.89.